The van der Waals surface area contributed by atoms with Gasteiger partial charge in [-0.1, -0.05) is 12.1 Å². The number of rotatable bonds is 5. The third-order valence-corrected chi connectivity index (χ3v) is 3.65. The lowest BCUT2D eigenvalue weighted by atomic mass is 9.72. The molecule has 0 spiro atoms. The van der Waals surface area contributed by atoms with E-state index >= 15 is 0 Å². The van der Waals surface area contributed by atoms with Crippen molar-refractivity contribution in [2.24, 2.45) is 0 Å². The van der Waals surface area contributed by atoms with Crippen LogP contribution in [-0.4, -0.2) is 34.6 Å². The molecule has 0 saturated carbocycles. The summed E-state index contributed by atoms with van der Waals surface area (Å²) in [5, 5.41) is 21.2. The number of carbonyl (C=O) groups is 2. The molecule has 1 aromatic rings. The molecule has 7 nitrogen and oxygen atoms in total. The van der Waals surface area contributed by atoms with Gasteiger partial charge >= 0.3 is 13.1 Å². The zero-order chi connectivity index (χ0) is 16.8. The number of ether oxygens (including phenoxy) is 1. The number of fused-ring (bicyclic) bond motifs is 1. The van der Waals surface area contributed by atoms with Gasteiger partial charge in [-0.15, -0.1) is 0 Å². The Hall–Kier alpha value is -1.80. The number of para-hydroxylation sites is 1. The summed E-state index contributed by atoms with van der Waals surface area (Å²) in [5.74, 6) is -1.22. The lowest BCUT2D eigenvalue weighted by Crippen LogP contribution is -2.53. The van der Waals surface area contributed by atoms with Gasteiger partial charge in [0, 0.05) is 12.8 Å². The van der Waals surface area contributed by atoms with Gasteiger partial charge in [-0.3, -0.25) is 4.79 Å². The van der Waals surface area contributed by atoms with E-state index in [1.807, 2.05) is 28.7 Å². The summed E-state index contributed by atoms with van der Waals surface area (Å²) < 4.78 is 10.6. The van der Waals surface area contributed by atoms with E-state index in [4.69, 9.17) is 14.7 Å². The van der Waals surface area contributed by atoms with Gasteiger partial charge < -0.3 is 19.7 Å². The molecule has 0 fully saturated rings. The molecule has 1 amide bonds. The third-order valence-electron chi connectivity index (χ3n) is 3.34. The molecule has 0 bridgehead atoms. The minimum absolute atomic E-state index is 0.0641. The van der Waals surface area contributed by atoms with Crippen molar-refractivity contribution in [2.45, 2.75) is 25.2 Å². The fraction of sp³-hybridized carbons (Fsp3) is 0.357. The molecule has 1 heterocycles. The largest absolute Gasteiger partial charge is 0.547 e. The number of halogens is 1. The first-order chi connectivity index (χ1) is 11.1. The monoisotopic (exact) mass is 428 g/mol. The number of nitrogens with zero attached hydrogens (tertiary/aromatic N) is 1. The summed E-state index contributed by atoms with van der Waals surface area (Å²) >= 11 is 1.91. The highest BCUT2D eigenvalue weighted by Gasteiger charge is 2.37. The second-order valence-corrected chi connectivity index (χ2v) is 5.50. The molecule has 2 N–H and O–H groups in total. The first kappa shape index (κ1) is 17.6. The predicted octanol–water partition coefficient (Wildman–Crippen LogP) is 0.979. The molecule has 120 valence electrons. The van der Waals surface area contributed by atoms with Crippen molar-refractivity contribution in [3.63, 3.8) is 0 Å². The molecule has 0 aromatic heterocycles. The summed E-state index contributed by atoms with van der Waals surface area (Å²) in [6, 6.07) is 6.90. The van der Waals surface area contributed by atoms with Crippen LogP contribution in [0.5, 0.6) is 5.75 Å². The van der Waals surface area contributed by atoms with Crippen molar-refractivity contribution in [2.75, 3.05) is 4.61 Å². The number of benzene rings is 1. The molecule has 23 heavy (non-hydrogen) atoms. The Balaban J connectivity index is 2.14. The van der Waals surface area contributed by atoms with Crippen LogP contribution in [0.15, 0.2) is 18.2 Å². The Labute approximate surface area is 147 Å². The molecular formula is C14H14BIN2O5. The molecule has 1 atom stereocenters. The second kappa shape index (κ2) is 8.17. The molecule has 9 heteroatoms. The molecule has 0 saturated heterocycles. The van der Waals surface area contributed by atoms with Crippen LogP contribution in [0.4, 0.5) is 0 Å². The Morgan fingerprint density at radius 1 is 1.57 bits per heavy atom. The lowest BCUT2D eigenvalue weighted by Gasteiger charge is -2.29. The molecule has 1 aliphatic heterocycles. The van der Waals surface area contributed by atoms with Gasteiger partial charge in [-0.05, 0) is 40.6 Å². The Bertz CT molecular complexity index is 649. The fourth-order valence-electron chi connectivity index (χ4n) is 2.28. The van der Waals surface area contributed by atoms with Gasteiger partial charge in [-0.2, -0.15) is 5.26 Å². The summed E-state index contributed by atoms with van der Waals surface area (Å²) in [6.07, 6.45) is 0.493. The Kier molecular flexibility index (Phi) is 6.24. The molecule has 1 aliphatic rings. The topological polar surface area (TPSA) is 109 Å². The normalized spacial score (nSPS) is 15.9. The highest BCUT2D eigenvalue weighted by atomic mass is 127. The minimum atomic E-state index is -1.28. The number of hydrogen-bond acceptors (Lipinski definition) is 6. The maximum absolute atomic E-state index is 11.9. The number of nitrogens with one attached hydrogen (secondary N) is 1. The van der Waals surface area contributed by atoms with Crippen molar-refractivity contribution in [1.29, 1.82) is 5.26 Å². The third kappa shape index (κ3) is 4.36. The SMILES string of the molecule is N#CCCC(=O)N[C@H]1Cc2cccc(C(=O)OCI)c2OB1O. The first-order valence-corrected chi connectivity index (χ1v) is 8.45. The summed E-state index contributed by atoms with van der Waals surface area (Å²) in [4.78, 5) is 23.6. The van der Waals surface area contributed by atoms with E-state index in [0.29, 0.717) is 12.0 Å². The fourth-order valence-corrected chi connectivity index (χ4v) is 2.57. The van der Waals surface area contributed by atoms with Gasteiger partial charge in [-0.25, -0.2) is 4.79 Å². The van der Waals surface area contributed by atoms with Crippen molar-refractivity contribution in [3.05, 3.63) is 29.3 Å². The van der Waals surface area contributed by atoms with E-state index in [2.05, 4.69) is 5.32 Å². The summed E-state index contributed by atoms with van der Waals surface area (Å²) in [7, 11) is -1.28. The number of amides is 1. The molecule has 0 unspecified atom stereocenters. The minimum Gasteiger partial charge on any atom is -0.534 e. The van der Waals surface area contributed by atoms with Gasteiger partial charge in [0.2, 0.25) is 5.91 Å². The quantitative estimate of drug-likeness (QED) is 0.314. The van der Waals surface area contributed by atoms with Crippen LogP contribution in [-0.2, 0) is 16.0 Å². The van der Waals surface area contributed by atoms with Gasteiger partial charge in [0.1, 0.15) is 15.9 Å². The average Bonchev–Trinajstić information content (AvgIpc) is 2.53. The second-order valence-electron chi connectivity index (χ2n) is 4.88. The van der Waals surface area contributed by atoms with Gasteiger partial charge in [0.05, 0.1) is 12.0 Å². The zero-order valence-corrected chi connectivity index (χ0v) is 14.3. The highest BCUT2D eigenvalue weighted by molar-refractivity contribution is 14.1. The molecular weight excluding hydrogens is 414 g/mol. The highest BCUT2D eigenvalue weighted by Crippen LogP contribution is 2.30. The van der Waals surface area contributed by atoms with Crippen LogP contribution in [0.3, 0.4) is 0 Å². The number of nitriles is 1. The van der Waals surface area contributed by atoms with Crippen LogP contribution >= 0.6 is 22.6 Å². The average molecular weight is 428 g/mol. The standard InChI is InChI=1S/C14H14BIN2O5/c16-8-22-14(20)10-4-1-3-9-7-11(15(21)23-13(9)10)18-12(19)5-2-6-17/h1,3-4,11,21H,2,5,7-8H2,(H,18,19)/t11-/m0/s1. The van der Waals surface area contributed by atoms with Crippen LogP contribution in [0, 0.1) is 11.3 Å². The number of alkyl halides is 1. The molecule has 1 aromatic carbocycles. The van der Waals surface area contributed by atoms with Crippen molar-refractivity contribution in [1.82, 2.24) is 5.32 Å². The number of hydrogen-bond donors (Lipinski definition) is 2. The zero-order valence-electron chi connectivity index (χ0n) is 12.1. The lowest BCUT2D eigenvalue weighted by molar-refractivity contribution is -0.121. The van der Waals surface area contributed by atoms with E-state index in [-0.39, 0.29) is 34.7 Å². The molecule has 0 aliphatic carbocycles. The first-order valence-electron chi connectivity index (χ1n) is 6.92. The van der Waals surface area contributed by atoms with Crippen molar-refractivity contribution < 1.29 is 24.0 Å². The van der Waals surface area contributed by atoms with E-state index < -0.39 is 19.0 Å². The van der Waals surface area contributed by atoms with Crippen LogP contribution in [0.25, 0.3) is 0 Å². The Morgan fingerprint density at radius 2 is 2.35 bits per heavy atom. The summed E-state index contributed by atoms with van der Waals surface area (Å²) in [5.41, 5.74) is 0.941. The van der Waals surface area contributed by atoms with E-state index in [1.165, 1.54) is 0 Å². The van der Waals surface area contributed by atoms with E-state index in [0.717, 1.165) is 0 Å². The number of carbonyl (C=O) groups excluding carboxylic acids is 2. The maximum Gasteiger partial charge on any atom is 0.547 e. The van der Waals surface area contributed by atoms with Gasteiger partial charge in [0.15, 0.2) is 0 Å². The van der Waals surface area contributed by atoms with Crippen LogP contribution in [0.2, 0.25) is 0 Å². The summed E-state index contributed by atoms with van der Waals surface area (Å²) in [6.45, 7) is 0. The predicted molar refractivity (Wildman–Crippen MR) is 89.8 cm³/mol. The van der Waals surface area contributed by atoms with Crippen LogP contribution < -0.4 is 9.97 Å². The smallest absolute Gasteiger partial charge is 0.534 e. The molecule has 0 radical (unpaired) electrons. The molecule has 2 rings (SSSR count). The van der Waals surface area contributed by atoms with Crippen LogP contribution in [0.1, 0.15) is 28.8 Å². The van der Waals surface area contributed by atoms with E-state index in [9.17, 15) is 14.6 Å². The van der Waals surface area contributed by atoms with Gasteiger partial charge in [0.25, 0.3) is 0 Å². The number of esters is 1. The Morgan fingerprint density at radius 3 is 3.04 bits per heavy atom. The van der Waals surface area contributed by atoms with E-state index in [1.54, 1.807) is 18.2 Å². The van der Waals surface area contributed by atoms with Crippen molar-refractivity contribution in [3.8, 4) is 11.8 Å². The maximum atomic E-state index is 11.9. The van der Waals surface area contributed by atoms with Crippen molar-refractivity contribution >= 4 is 41.6 Å².